The third kappa shape index (κ3) is 5.29. The molecule has 140 valence electrons. The highest BCUT2D eigenvalue weighted by atomic mass is 16.5. The number of benzene rings is 1. The molecule has 0 saturated heterocycles. The SMILES string of the molecule is CCCC(CN)c1ccc2c(c1)CCC(OCCOCC1CCC1)C2. The molecule has 3 nitrogen and oxygen atoms in total. The molecule has 1 aromatic carbocycles. The van der Waals surface area contributed by atoms with Crippen molar-refractivity contribution < 1.29 is 9.47 Å². The van der Waals surface area contributed by atoms with Gasteiger partial charge in [-0.15, -0.1) is 0 Å². The van der Waals surface area contributed by atoms with Crippen LogP contribution in [0, 0.1) is 5.92 Å². The van der Waals surface area contributed by atoms with Gasteiger partial charge in [0, 0.05) is 6.61 Å². The predicted molar refractivity (Wildman–Crippen MR) is 103 cm³/mol. The Morgan fingerprint density at radius 3 is 2.76 bits per heavy atom. The van der Waals surface area contributed by atoms with Crippen LogP contribution in [0.2, 0.25) is 0 Å². The monoisotopic (exact) mass is 345 g/mol. The Morgan fingerprint density at radius 2 is 2.04 bits per heavy atom. The van der Waals surface area contributed by atoms with E-state index in [1.807, 2.05) is 0 Å². The van der Waals surface area contributed by atoms with E-state index < -0.39 is 0 Å². The Kier molecular flexibility index (Phi) is 7.33. The zero-order chi connectivity index (χ0) is 17.5. The lowest BCUT2D eigenvalue weighted by Gasteiger charge is -2.27. The van der Waals surface area contributed by atoms with Crippen molar-refractivity contribution in [3.8, 4) is 0 Å². The van der Waals surface area contributed by atoms with Crippen LogP contribution >= 0.6 is 0 Å². The molecule has 1 fully saturated rings. The summed E-state index contributed by atoms with van der Waals surface area (Å²) >= 11 is 0. The number of aryl methyl sites for hydroxylation is 1. The molecule has 2 N–H and O–H groups in total. The second-order valence-corrected chi connectivity index (χ2v) is 7.86. The number of hydrogen-bond acceptors (Lipinski definition) is 3. The zero-order valence-electron chi connectivity index (χ0n) is 15.8. The van der Waals surface area contributed by atoms with Crippen LogP contribution in [-0.2, 0) is 22.3 Å². The van der Waals surface area contributed by atoms with Crippen molar-refractivity contribution in [1.29, 1.82) is 0 Å². The largest absolute Gasteiger partial charge is 0.379 e. The molecule has 3 rings (SSSR count). The summed E-state index contributed by atoms with van der Waals surface area (Å²) in [7, 11) is 0. The first-order valence-corrected chi connectivity index (χ1v) is 10.3. The van der Waals surface area contributed by atoms with Gasteiger partial charge in [0.2, 0.25) is 0 Å². The lowest BCUT2D eigenvalue weighted by Crippen LogP contribution is -2.25. The predicted octanol–water partition coefficient (Wildman–Crippen LogP) is 4.22. The molecule has 2 aliphatic carbocycles. The lowest BCUT2D eigenvalue weighted by atomic mass is 9.85. The Balaban J connectivity index is 1.43. The van der Waals surface area contributed by atoms with Gasteiger partial charge in [0.25, 0.3) is 0 Å². The first-order chi connectivity index (χ1) is 12.3. The molecule has 2 atom stereocenters. The van der Waals surface area contributed by atoms with E-state index in [1.165, 1.54) is 48.8 Å². The van der Waals surface area contributed by atoms with Crippen LogP contribution in [0.3, 0.4) is 0 Å². The Hall–Kier alpha value is -0.900. The molecule has 2 aliphatic rings. The second kappa shape index (κ2) is 9.70. The van der Waals surface area contributed by atoms with Crippen molar-refractivity contribution in [1.82, 2.24) is 0 Å². The van der Waals surface area contributed by atoms with E-state index in [0.29, 0.717) is 12.0 Å². The van der Waals surface area contributed by atoms with Gasteiger partial charge in [-0.1, -0.05) is 38.0 Å². The van der Waals surface area contributed by atoms with Gasteiger partial charge in [0.05, 0.1) is 19.3 Å². The second-order valence-electron chi connectivity index (χ2n) is 7.86. The highest BCUT2D eigenvalue weighted by Gasteiger charge is 2.21. The molecule has 1 aromatic rings. The molecule has 0 amide bonds. The van der Waals surface area contributed by atoms with Crippen molar-refractivity contribution in [2.45, 2.75) is 70.3 Å². The van der Waals surface area contributed by atoms with E-state index in [1.54, 1.807) is 0 Å². The lowest BCUT2D eigenvalue weighted by molar-refractivity contribution is -0.0139. The van der Waals surface area contributed by atoms with Crippen molar-refractivity contribution in [2.24, 2.45) is 11.7 Å². The van der Waals surface area contributed by atoms with Crippen molar-refractivity contribution >= 4 is 0 Å². The van der Waals surface area contributed by atoms with E-state index in [9.17, 15) is 0 Å². The number of nitrogens with two attached hydrogens (primary N) is 1. The van der Waals surface area contributed by atoms with Gasteiger partial charge in [-0.2, -0.15) is 0 Å². The maximum absolute atomic E-state index is 6.07. The van der Waals surface area contributed by atoms with Crippen molar-refractivity contribution in [3.05, 3.63) is 34.9 Å². The smallest absolute Gasteiger partial charge is 0.0704 e. The van der Waals surface area contributed by atoms with E-state index in [0.717, 1.165) is 51.5 Å². The van der Waals surface area contributed by atoms with Crippen LogP contribution < -0.4 is 5.73 Å². The van der Waals surface area contributed by atoms with Crippen LogP contribution in [0.1, 0.15) is 68.1 Å². The maximum Gasteiger partial charge on any atom is 0.0704 e. The average Bonchev–Trinajstić information content (AvgIpc) is 2.60. The zero-order valence-corrected chi connectivity index (χ0v) is 15.8. The molecular formula is C22H35NO2. The first-order valence-electron chi connectivity index (χ1n) is 10.3. The summed E-state index contributed by atoms with van der Waals surface area (Å²) in [5, 5.41) is 0. The van der Waals surface area contributed by atoms with Gasteiger partial charge in [0.1, 0.15) is 0 Å². The summed E-state index contributed by atoms with van der Waals surface area (Å²) in [6.07, 6.45) is 10.1. The molecule has 0 aromatic heterocycles. The Morgan fingerprint density at radius 1 is 1.16 bits per heavy atom. The number of fused-ring (bicyclic) bond motifs is 1. The molecule has 1 saturated carbocycles. The molecule has 2 unspecified atom stereocenters. The summed E-state index contributed by atoms with van der Waals surface area (Å²) in [6, 6.07) is 7.00. The fourth-order valence-electron chi connectivity index (χ4n) is 4.09. The van der Waals surface area contributed by atoms with Crippen LogP contribution in [0.15, 0.2) is 18.2 Å². The molecule has 0 heterocycles. The maximum atomic E-state index is 6.07. The van der Waals surface area contributed by atoms with Gasteiger partial charge >= 0.3 is 0 Å². The van der Waals surface area contributed by atoms with Gasteiger partial charge in [0.15, 0.2) is 0 Å². The van der Waals surface area contributed by atoms with Crippen LogP contribution in [0.5, 0.6) is 0 Å². The van der Waals surface area contributed by atoms with Gasteiger partial charge < -0.3 is 15.2 Å². The topological polar surface area (TPSA) is 44.5 Å². The molecule has 0 spiro atoms. The quantitative estimate of drug-likeness (QED) is 0.646. The minimum Gasteiger partial charge on any atom is -0.379 e. The molecule has 3 heteroatoms. The number of hydrogen-bond donors (Lipinski definition) is 1. The van der Waals surface area contributed by atoms with Gasteiger partial charge in [-0.05, 0) is 73.6 Å². The highest BCUT2D eigenvalue weighted by molar-refractivity contribution is 5.36. The van der Waals surface area contributed by atoms with E-state index in [-0.39, 0.29) is 0 Å². The van der Waals surface area contributed by atoms with Crippen molar-refractivity contribution in [2.75, 3.05) is 26.4 Å². The van der Waals surface area contributed by atoms with Gasteiger partial charge in [-0.25, -0.2) is 0 Å². The normalized spacial score (nSPS) is 21.6. The summed E-state index contributed by atoms with van der Waals surface area (Å²) < 4.78 is 11.8. The molecule has 0 radical (unpaired) electrons. The summed E-state index contributed by atoms with van der Waals surface area (Å²) in [6.45, 7) is 5.39. The standard InChI is InChI=1S/C22H35NO2/c1-2-4-21(15-23)19-7-8-20-14-22(10-9-18(20)13-19)25-12-11-24-16-17-5-3-6-17/h7-8,13,17,21-22H,2-6,9-12,14-16,23H2,1H3. The Bertz CT molecular complexity index is 527. The van der Waals surface area contributed by atoms with Crippen LogP contribution in [-0.4, -0.2) is 32.5 Å². The summed E-state index contributed by atoms with van der Waals surface area (Å²) in [4.78, 5) is 0. The molecular weight excluding hydrogens is 310 g/mol. The molecule has 0 bridgehead atoms. The minimum absolute atomic E-state index is 0.353. The van der Waals surface area contributed by atoms with E-state index in [2.05, 4.69) is 25.1 Å². The van der Waals surface area contributed by atoms with E-state index in [4.69, 9.17) is 15.2 Å². The average molecular weight is 346 g/mol. The third-order valence-corrected chi connectivity index (χ3v) is 5.97. The fraction of sp³-hybridized carbons (Fsp3) is 0.727. The molecule has 25 heavy (non-hydrogen) atoms. The minimum atomic E-state index is 0.353. The summed E-state index contributed by atoms with van der Waals surface area (Å²) in [5.41, 5.74) is 10.4. The Labute approximate surface area is 153 Å². The van der Waals surface area contributed by atoms with Crippen LogP contribution in [0.4, 0.5) is 0 Å². The van der Waals surface area contributed by atoms with E-state index >= 15 is 0 Å². The van der Waals surface area contributed by atoms with Crippen molar-refractivity contribution in [3.63, 3.8) is 0 Å². The fourth-order valence-corrected chi connectivity index (χ4v) is 4.09. The summed E-state index contributed by atoms with van der Waals surface area (Å²) in [5.74, 6) is 1.33. The first kappa shape index (κ1) is 18.9. The number of rotatable bonds is 10. The number of ether oxygens (including phenoxy) is 2. The highest BCUT2D eigenvalue weighted by Crippen LogP contribution is 2.29. The van der Waals surface area contributed by atoms with Crippen LogP contribution in [0.25, 0.3) is 0 Å². The van der Waals surface area contributed by atoms with Gasteiger partial charge in [-0.3, -0.25) is 0 Å². The third-order valence-electron chi connectivity index (χ3n) is 5.97. The molecule has 0 aliphatic heterocycles.